The number of H-pyrrole nitrogens is 1. The number of hydrogen-bond acceptors (Lipinski definition) is 8. The van der Waals surface area contributed by atoms with Gasteiger partial charge >= 0.3 is 18.4 Å². The molecule has 3 atom stereocenters. The number of hydrogen-bond donors (Lipinski definition) is 5. The van der Waals surface area contributed by atoms with Gasteiger partial charge in [-0.2, -0.15) is 4.98 Å². The van der Waals surface area contributed by atoms with E-state index in [0.29, 0.717) is 43.6 Å². The van der Waals surface area contributed by atoms with Gasteiger partial charge in [-0.25, -0.2) is 9.18 Å². The molecule has 2 aromatic carbocycles. The fourth-order valence-corrected chi connectivity index (χ4v) is 6.48. The lowest BCUT2D eigenvalue weighted by Crippen LogP contribution is -2.39. The van der Waals surface area contributed by atoms with E-state index in [-0.39, 0.29) is 58.7 Å². The summed E-state index contributed by atoms with van der Waals surface area (Å²) < 4.78 is 111. The number of benzene rings is 2. The second-order valence-corrected chi connectivity index (χ2v) is 12.9. The molecule has 0 radical (unpaired) electrons. The lowest BCUT2D eigenvalue weighted by atomic mass is 9.91. The van der Waals surface area contributed by atoms with Gasteiger partial charge in [0.05, 0.1) is 23.8 Å². The Morgan fingerprint density at radius 2 is 1.83 bits per heavy atom. The smallest absolute Gasteiger partial charge is 0.405 e. The number of amidine groups is 1. The Kier molecular flexibility index (Phi) is 12.3. The topological polar surface area (TPSA) is 152 Å². The van der Waals surface area contributed by atoms with Gasteiger partial charge in [0.1, 0.15) is 11.4 Å². The summed E-state index contributed by atoms with van der Waals surface area (Å²) >= 11 is 0. The van der Waals surface area contributed by atoms with Crippen LogP contribution in [0.3, 0.4) is 0 Å². The van der Waals surface area contributed by atoms with Crippen molar-refractivity contribution in [1.29, 1.82) is 5.41 Å². The van der Waals surface area contributed by atoms with Gasteiger partial charge in [0.2, 0.25) is 0 Å². The number of methoxy groups -OCH3 is 1. The van der Waals surface area contributed by atoms with E-state index in [0.717, 1.165) is 29.5 Å². The first-order valence-corrected chi connectivity index (χ1v) is 16.9. The highest BCUT2D eigenvalue weighted by molar-refractivity contribution is 5.83. The van der Waals surface area contributed by atoms with E-state index < -0.39 is 41.8 Å². The van der Waals surface area contributed by atoms with Gasteiger partial charge in [0.15, 0.2) is 11.6 Å². The van der Waals surface area contributed by atoms with E-state index >= 15 is 4.39 Å². The summed E-state index contributed by atoms with van der Waals surface area (Å²) in [5, 5.41) is 14.0. The third-order valence-electron chi connectivity index (χ3n) is 8.79. The zero-order valence-electron chi connectivity index (χ0n) is 28.9. The molecule has 6 N–H and O–H groups in total. The SMILES string of the molecule is COC[C@H](N)CCCc1cc(OC(F)(F)F)c(F)c(-c2cc3cn(-c4ccc([C@@H]5CCC[C@@H](CCNC(C)=N)N5)c(OC(F)(F)F)c4)c(=O)nc3[nH]2)c1. The standard InChI is InChI=1S/C35H40F7N7O4/c1-19(43)45-12-11-23-7-4-8-27(46-23)25-10-9-24(16-29(25)52-34(37,38)39)49-17-21-15-28(47-32(21)48-33(49)50)26-13-20(5-3-6-22(44)18-51-2)14-30(31(26)36)53-35(40,41)42/h9-10,13-17,22-23,27,46H,3-8,11-12,18,44H2,1-2H3,(H2,43,45)(H,47,48,50)/t22-,23+,27+/m1/s1. The molecule has 0 amide bonds. The predicted molar refractivity (Wildman–Crippen MR) is 183 cm³/mol. The van der Waals surface area contributed by atoms with Crippen molar-refractivity contribution in [3.05, 3.63) is 70.0 Å². The maximum atomic E-state index is 15.6. The molecule has 0 saturated carbocycles. The van der Waals surface area contributed by atoms with Crippen LogP contribution in [0.4, 0.5) is 30.7 Å². The number of halogens is 7. The van der Waals surface area contributed by atoms with Crippen LogP contribution in [0.1, 0.15) is 62.6 Å². The highest BCUT2D eigenvalue weighted by Crippen LogP contribution is 2.38. The lowest BCUT2D eigenvalue weighted by molar-refractivity contribution is -0.276. The summed E-state index contributed by atoms with van der Waals surface area (Å²) in [6.07, 6.45) is -5.05. The molecule has 288 valence electrons. The van der Waals surface area contributed by atoms with E-state index in [9.17, 15) is 31.1 Å². The van der Waals surface area contributed by atoms with Crippen LogP contribution in [0.5, 0.6) is 11.5 Å². The van der Waals surface area contributed by atoms with Crippen LogP contribution in [-0.2, 0) is 11.2 Å². The molecule has 11 nitrogen and oxygen atoms in total. The molecule has 1 aliphatic rings. The summed E-state index contributed by atoms with van der Waals surface area (Å²) in [7, 11) is 1.49. The highest BCUT2D eigenvalue weighted by Gasteiger charge is 2.35. The minimum atomic E-state index is -5.18. The van der Waals surface area contributed by atoms with E-state index in [2.05, 4.69) is 30.1 Å². The molecule has 3 heterocycles. The Morgan fingerprint density at radius 1 is 1.09 bits per heavy atom. The van der Waals surface area contributed by atoms with Crippen molar-refractivity contribution in [3.63, 3.8) is 0 Å². The molecule has 18 heteroatoms. The van der Waals surface area contributed by atoms with Crippen molar-refractivity contribution in [2.45, 2.75) is 82.7 Å². The molecule has 1 saturated heterocycles. The summed E-state index contributed by atoms with van der Waals surface area (Å²) in [6, 6.07) is 6.84. The zero-order chi connectivity index (χ0) is 38.5. The van der Waals surface area contributed by atoms with Crippen LogP contribution >= 0.6 is 0 Å². The summed E-state index contributed by atoms with van der Waals surface area (Å²) in [4.78, 5) is 19.9. The number of aromatic nitrogens is 3. The second-order valence-electron chi connectivity index (χ2n) is 12.9. The van der Waals surface area contributed by atoms with Gasteiger partial charge in [-0.3, -0.25) is 9.98 Å². The largest absolute Gasteiger partial charge is 0.573 e. The average molecular weight is 756 g/mol. The number of piperidine rings is 1. The van der Waals surface area contributed by atoms with Crippen LogP contribution in [0.25, 0.3) is 28.0 Å². The van der Waals surface area contributed by atoms with Gasteiger partial charge in [-0.15, -0.1) is 26.3 Å². The molecule has 1 aliphatic heterocycles. The quantitative estimate of drug-likeness (QED) is 0.0537. The summed E-state index contributed by atoms with van der Waals surface area (Å²) in [5.74, 6) is -2.56. The molecule has 0 unspecified atom stereocenters. The van der Waals surface area contributed by atoms with Crippen molar-refractivity contribution in [3.8, 4) is 28.4 Å². The minimum absolute atomic E-state index is 0.00566. The van der Waals surface area contributed by atoms with Crippen LogP contribution in [0, 0.1) is 11.2 Å². The van der Waals surface area contributed by atoms with E-state index in [1.54, 1.807) is 6.92 Å². The van der Waals surface area contributed by atoms with Crippen molar-refractivity contribution in [2.24, 2.45) is 5.73 Å². The van der Waals surface area contributed by atoms with Gasteiger partial charge < -0.3 is 35.6 Å². The number of rotatable bonds is 14. The van der Waals surface area contributed by atoms with Crippen LogP contribution < -0.4 is 31.5 Å². The number of nitrogens with zero attached hydrogens (tertiary/aromatic N) is 2. The summed E-state index contributed by atoms with van der Waals surface area (Å²) in [6.45, 7) is 2.42. The average Bonchev–Trinajstić information content (AvgIpc) is 3.47. The third-order valence-corrected chi connectivity index (χ3v) is 8.79. The Hall–Kier alpha value is -4.68. The van der Waals surface area contributed by atoms with Gasteiger partial charge in [-0.05, 0) is 75.3 Å². The van der Waals surface area contributed by atoms with Crippen LogP contribution in [0.15, 0.2) is 47.4 Å². The van der Waals surface area contributed by atoms with Crippen molar-refractivity contribution in [1.82, 2.24) is 25.2 Å². The first-order chi connectivity index (χ1) is 25.0. The Labute approximate surface area is 299 Å². The second kappa shape index (κ2) is 16.6. The molecule has 0 bridgehead atoms. The van der Waals surface area contributed by atoms with Crippen molar-refractivity contribution in [2.75, 3.05) is 20.3 Å². The summed E-state index contributed by atoms with van der Waals surface area (Å²) in [5.41, 5.74) is 5.27. The number of aryl methyl sites for hydroxylation is 1. The lowest BCUT2D eigenvalue weighted by Gasteiger charge is -2.32. The van der Waals surface area contributed by atoms with Gasteiger partial charge in [-0.1, -0.05) is 12.5 Å². The highest BCUT2D eigenvalue weighted by atomic mass is 19.4. The Morgan fingerprint density at radius 3 is 2.53 bits per heavy atom. The van der Waals surface area contributed by atoms with Crippen LogP contribution in [0.2, 0.25) is 0 Å². The molecular formula is C35H40F7N7O4. The maximum Gasteiger partial charge on any atom is 0.573 e. The Balaban J connectivity index is 1.48. The molecule has 1 fully saturated rings. The third kappa shape index (κ3) is 10.7. The molecule has 0 aliphatic carbocycles. The molecule has 53 heavy (non-hydrogen) atoms. The van der Waals surface area contributed by atoms with Gasteiger partial charge in [0.25, 0.3) is 0 Å². The molecule has 5 rings (SSSR count). The number of fused-ring (bicyclic) bond motifs is 1. The maximum absolute atomic E-state index is 15.6. The number of ether oxygens (including phenoxy) is 3. The zero-order valence-corrected chi connectivity index (χ0v) is 28.9. The van der Waals surface area contributed by atoms with Crippen LogP contribution in [-0.4, -0.2) is 65.4 Å². The predicted octanol–water partition coefficient (Wildman–Crippen LogP) is 6.77. The fourth-order valence-electron chi connectivity index (χ4n) is 6.48. The Bertz CT molecular complexity index is 1960. The van der Waals surface area contributed by atoms with Gasteiger partial charge in [0, 0.05) is 60.6 Å². The normalized spacial score (nSPS) is 17.2. The number of nitrogens with one attached hydrogen (secondary N) is 4. The first kappa shape index (κ1) is 39.5. The number of aromatic amines is 1. The fraction of sp³-hybridized carbons (Fsp3) is 0.457. The first-order valence-electron chi connectivity index (χ1n) is 16.9. The van der Waals surface area contributed by atoms with E-state index in [1.165, 1.54) is 37.6 Å². The van der Waals surface area contributed by atoms with E-state index in [1.807, 2.05) is 0 Å². The molecular weight excluding hydrogens is 715 g/mol. The molecule has 0 spiro atoms. The number of nitrogens with two attached hydrogens (primary N) is 1. The van der Waals surface area contributed by atoms with Crippen molar-refractivity contribution >= 4 is 16.9 Å². The monoisotopic (exact) mass is 755 g/mol. The van der Waals surface area contributed by atoms with E-state index in [4.69, 9.17) is 15.9 Å². The molecule has 2 aromatic heterocycles. The molecule has 4 aromatic rings. The number of alkyl halides is 6. The minimum Gasteiger partial charge on any atom is -0.405 e. The van der Waals surface area contributed by atoms with Crippen molar-refractivity contribution < 1.29 is 44.9 Å².